The third-order valence-corrected chi connectivity index (χ3v) is 12.6. The smallest absolute Gasteiger partial charge is 0.130 e. The first-order chi connectivity index (χ1) is 28.8. The van der Waals surface area contributed by atoms with Gasteiger partial charge < -0.3 is 18.4 Å². The molecule has 1 aliphatic carbocycles. The second kappa shape index (κ2) is 12.0. The molecule has 3 aromatic heterocycles. The Hall–Kier alpha value is -7.56. The zero-order chi connectivity index (χ0) is 37.9. The first-order valence-electron chi connectivity index (χ1n) is 20.1. The fourth-order valence-corrected chi connectivity index (χ4v) is 10.1. The van der Waals surface area contributed by atoms with Crippen molar-refractivity contribution in [2.75, 3.05) is 0 Å². The van der Waals surface area contributed by atoms with Crippen molar-refractivity contribution in [3.63, 3.8) is 0 Å². The minimum Gasteiger partial charge on any atom is -0.461 e. The van der Waals surface area contributed by atoms with Gasteiger partial charge in [-0.05, 0) is 102 Å². The van der Waals surface area contributed by atoms with Crippen molar-refractivity contribution in [3.8, 4) is 33.9 Å². The van der Waals surface area contributed by atoms with Gasteiger partial charge in [0.25, 0.3) is 0 Å². The van der Waals surface area contributed by atoms with Crippen molar-refractivity contribution < 1.29 is 4.74 Å². The summed E-state index contributed by atoms with van der Waals surface area (Å²) in [5.74, 6) is 2.23. The van der Waals surface area contributed by atoms with Crippen LogP contribution < -0.4 is 4.74 Å². The Kier molecular flexibility index (Phi) is 6.53. The van der Waals surface area contributed by atoms with Crippen LogP contribution in [0.15, 0.2) is 194 Å². The molecule has 4 heterocycles. The van der Waals surface area contributed by atoms with Gasteiger partial charge in [-0.3, -0.25) is 0 Å². The number of nitrogens with zero attached hydrogens (tertiary/aromatic N) is 3. The molecule has 0 fully saturated rings. The first-order valence-corrected chi connectivity index (χ1v) is 20.1. The number of para-hydroxylation sites is 5. The summed E-state index contributed by atoms with van der Waals surface area (Å²) in [6, 6.07) is 68.4. The number of hydrogen-bond acceptors (Lipinski definition) is 1. The minimum atomic E-state index is 0.212. The second-order valence-corrected chi connectivity index (χ2v) is 15.7. The highest BCUT2D eigenvalue weighted by Crippen LogP contribution is 2.49. The Morgan fingerprint density at radius 2 is 0.914 bits per heavy atom. The zero-order valence-electron chi connectivity index (χ0n) is 31.5. The van der Waals surface area contributed by atoms with Gasteiger partial charge in [-0.2, -0.15) is 0 Å². The maximum absolute atomic E-state index is 6.52. The SMILES string of the molecule is C1=C2Oc3ccccc3C2Cc2c1c1cc(-c3ccc4c(c3)c3c5c6ccccc6n(-c6ccccc6)c5ccc3n4-c3ccccc3)ccc1n2-c1ccccc1. The van der Waals surface area contributed by atoms with Crippen molar-refractivity contribution in [1.29, 1.82) is 0 Å². The molecular weight excluding hydrogens is 707 g/mol. The zero-order valence-corrected chi connectivity index (χ0v) is 31.5. The maximum Gasteiger partial charge on any atom is 0.130 e. The number of ether oxygens (including phenoxy) is 1. The van der Waals surface area contributed by atoms with Gasteiger partial charge in [0.15, 0.2) is 0 Å². The van der Waals surface area contributed by atoms with E-state index >= 15 is 0 Å². The maximum atomic E-state index is 6.52. The lowest BCUT2D eigenvalue weighted by atomic mass is 9.87. The van der Waals surface area contributed by atoms with Crippen molar-refractivity contribution in [2.45, 2.75) is 12.3 Å². The van der Waals surface area contributed by atoms with Gasteiger partial charge in [0.1, 0.15) is 11.5 Å². The molecule has 8 aromatic carbocycles. The van der Waals surface area contributed by atoms with E-state index in [0.717, 1.165) is 29.3 Å². The molecule has 0 bridgehead atoms. The number of allylic oxidation sites excluding steroid dienone is 1. The molecule has 0 saturated carbocycles. The Morgan fingerprint density at radius 3 is 1.59 bits per heavy atom. The summed E-state index contributed by atoms with van der Waals surface area (Å²) in [6.45, 7) is 0. The summed E-state index contributed by atoms with van der Waals surface area (Å²) in [5.41, 5.74) is 15.7. The van der Waals surface area contributed by atoms with Gasteiger partial charge in [0.05, 0.1) is 33.5 Å². The van der Waals surface area contributed by atoms with Crippen molar-refractivity contribution in [3.05, 3.63) is 211 Å². The highest BCUT2D eigenvalue weighted by Gasteiger charge is 2.36. The molecule has 272 valence electrons. The second-order valence-electron chi connectivity index (χ2n) is 15.7. The molecule has 1 unspecified atom stereocenters. The molecule has 0 N–H and O–H groups in total. The lowest BCUT2D eigenvalue weighted by molar-refractivity contribution is 0.428. The molecule has 0 amide bonds. The summed E-state index contributed by atoms with van der Waals surface area (Å²) in [4.78, 5) is 0. The Labute approximate surface area is 334 Å². The molecule has 0 radical (unpaired) electrons. The third-order valence-electron chi connectivity index (χ3n) is 12.6. The lowest BCUT2D eigenvalue weighted by Gasteiger charge is -2.20. The van der Waals surface area contributed by atoms with E-state index in [9.17, 15) is 0 Å². The molecular formula is C54H35N3O. The molecule has 0 saturated heterocycles. The van der Waals surface area contributed by atoms with E-state index in [1.807, 2.05) is 0 Å². The highest BCUT2D eigenvalue weighted by atomic mass is 16.5. The van der Waals surface area contributed by atoms with Gasteiger partial charge in [-0.25, -0.2) is 0 Å². The standard InChI is InChI=1S/C54H35N3O/c1-4-14-36(15-5-1)55-45-22-12-10-21-40(45)53-48(55)28-29-49-54(53)44-31-35(25-27-47(44)56(49)37-16-6-2-7-17-37)34-24-26-46-41(30-34)42-33-52-43(39-20-11-13-23-51(39)58-52)32-50(42)57(46)38-18-8-3-9-19-38/h1-31,33,43H,32H2. The Morgan fingerprint density at radius 1 is 0.414 bits per heavy atom. The fraction of sp³-hybridized carbons (Fsp3) is 0.0370. The van der Waals surface area contributed by atoms with Crippen LogP contribution >= 0.6 is 0 Å². The van der Waals surface area contributed by atoms with Gasteiger partial charge in [0.2, 0.25) is 0 Å². The minimum absolute atomic E-state index is 0.212. The molecule has 4 heteroatoms. The average Bonchev–Trinajstić information content (AvgIpc) is 4.02. The summed E-state index contributed by atoms with van der Waals surface area (Å²) in [7, 11) is 0. The van der Waals surface area contributed by atoms with Crippen molar-refractivity contribution in [1.82, 2.24) is 13.7 Å². The molecule has 58 heavy (non-hydrogen) atoms. The van der Waals surface area contributed by atoms with E-state index in [1.54, 1.807) is 0 Å². The Bertz CT molecular complexity index is 3500. The topological polar surface area (TPSA) is 24.0 Å². The number of hydrogen-bond donors (Lipinski definition) is 0. The van der Waals surface area contributed by atoms with Crippen LogP contribution in [-0.2, 0) is 6.42 Å². The van der Waals surface area contributed by atoms with Gasteiger partial charge >= 0.3 is 0 Å². The van der Waals surface area contributed by atoms with Gasteiger partial charge in [-0.1, -0.05) is 103 Å². The van der Waals surface area contributed by atoms with Gasteiger partial charge in [-0.15, -0.1) is 0 Å². The van der Waals surface area contributed by atoms with Crippen LogP contribution in [0, 0.1) is 0 Å². The molecule has 0 spiro atoms. The number of benzene rings is 8. The van der Waals surface area contributed by atoms with Crippen LogP contribution in [0.25, 0.3) is 88.8 Å². The van der Waals surface area contributed by atoms with Crippen LogP contribution in [-0.4, -0.2) is 13.7 Å². The molecule has 1 atom stereocenters. The van der Waals surface area contributed by atoms with Crippen LogP contribution in [0.1, 0.15) is 22.7 Å². The molecule has 13 rings (SSSR count). The summed E-state index contributed by atoms with van der Waals surface area (Å²) >= 11 is 0. The third kappa shape index (κ3) is 4.40. The molecule has 4 nitrogen and oxygen atoms in total. The van der Waals surface area contributed by atoms with E-state index < -0.39 is 0 Å². The normalized spacial score (nSPS) is 14.6. The highest BCUT2D eigenvalue weighted by molar-refractivity contribution is 6.29. The van der Waals surface area contributed by atoms with E-state index in [4.69, 9.17) is 4.74 Å². The molecule has 2 aliphatic rings. The summed E-state index contributed by atoms with van der Waals surface area (Å²) in [5, 5.41) is 6.27. The summed E-state index contributed by atoms with van der Waals surface area (Å²) in [6.07, 6.45) is 3.19. The lowest BCUT2D eigenvalue weighted by Crippen LogP contribution is -2.12. The predicted octanol–water partition coefficient (Wildman–Crippen LogP) is 13.6. The van der Waals surface area contributed by atoms with Crippen LogP contribution in [0.3, 0.4) is 0 Å². The van der Waals surface area contributed by atoms with E-state index in [-0.39, 0.29) is 5.92 Å². The van der Waals surface area contributed by atoms with E-state index in [0.29, 0.717) is 0 Å². The largest absolute Gasteiger partial charge is 0.461 e. The predicted molar refractivity (Wildman–Crippen MR) is 239 cm³/mol. The van der Waals surface area contributed by atoms with E-state index in [1.165, 1.54) is 88.1 Å². The van der Waals surface area contributed by atoms with Crippen molar-refractivity contribution in [2.24, 2.45) is 0 Å². The van der Waals surface area contributed by atoms with Crippen LogP contribution in [0.2, 0.25) is 0 Å². The average molecular weight is 742 g/mol. The van der Waals surface area contributed by atoms with E-state index in [2.05, 4.69) is 208 Å². The number of aromatic nitrogens is 3. The summed E-state index contributed by atoms with van der Waals surface area (Å²) < 4.78 is 13.8. The number of fused-ring (bicyclic) bond motifs is 13. The molecule has 1 aliphatic heterocycles. The molecule has 11 aromatic rings. The number of rotatable bonds is 4. The quantitative estimate of drug-likeness (QED) is 0.176. The Balaban J connectivity index is 1.07. The van der Waals surface area contributed by atoms with Crippen LogP contribution in [0.5, 0.6) is 5.75 Å². The fourth-order valence-electron chi connectivity index (χ4n) is 10.1. The van der Waals surface area contributed by atoms with Crippen LogP contribution in [0.4, 0.5) is 0 Å². The first kappa shape index (κ1) is 31.6. The van der Waals surface area contributed by atoms with Gasteiger partial charge in [0, 0.05) is 67.2 Å². The monoisotopic (exact) mass is 741 g/mol. The van der Waals surface area contributed by atoms with Crippen molar-refractivity contribution >= 4 is 60.6 Å².